The van der Waals surface area contributed by atoms with Crippen LogP contribution >= 0.6 is 12.4 Å². The van der Waals surface area contributed by atoms with Crippen molar-refractivity contribution < 1.29 is 4.74 Å². The second-order valence-electron chi connectivity index (χ2n) is 5.29. The van der Waals surface area contributed by atoms with Crippen LogP contribution < -0.4 is 5.73 Å². The predicted molar refractivity (Wildman–Crippen MR) is 78.4 cm³/mol. The van der Waals surface area contributed by atoms with Crippen LogP contribution in [-0.2, 0) is 10.2 Å². The number of rotatable bonds is 3. The molecular formula is C15H24ClNO. The SMILES string of the molecule is CO[C@H]1CC[C@@](CN)(c2cccc(C)c2)CC1.Cl. The number of methoxy groups -OCH3 is 1. The summed E-state index contributed by atoms with van der Waals surface area (Å²) < 4.78 is 5.45. The van der Waals surface area contributed by atoms with Gasteiger partial charge in [0.25, 0.3) is 0 Å². The van der Waals surface area contributed by atoms with Gasteiger partial charge in [-0.05, 0) is 38.2 Å². The van der Waals surface area contributed by atoms with Crippen molar-refractivity contribution in [3.8, 4) is 0 Å². The molecule has 2 nitrogen and oxygen atoms in total. The summed E-state index contributed by atoms with van der Waals surface area (Å²) in [6.07, 6.45) is 4.97. The lowest BCUT2D eigenvalue weighted by atomic mass is 9.68. The van der Waals surface area contributed by atoms with Crippen molar-refractivity contribution in [2.45, 2.75) is 44.1 Å². The van der Waals surface area contributed by atoms with Gasteiger partial charge in [-0.15, -0.1) is 12.4 Å². The van der Waals surface area contributed by atoms with Gasteiger partial charge in [-0.25, -0.2) is 0 Å². The van der Waals surface area contributed by atoms with Crippen molar-refractivity contribution >= 4 is 12.4 Å². The van der Waals surface area contributed by atoms with Crippen LogP contribution in [0.15, 0.2) is 24.3 Å². The third-order valence-electron chi connectivity index (χ3n) is 4.24. The average molecular weight is 270 g/mol. The molecule has 0 unspecified atom stereocenters. The van der Waals surface area contributed by atoms with Crippen LogP contribution in [0.25, 0.3) is 0 Å². The van der Waals surface area contributed by atoms with E-state index < -0.39 is 0 Å². The van der Waals surface area contributed by atoms with Crippen molar-refractivity contribution in [2.24, 2.45) is 5.73 Å². The minimum absolute atomic E-state index is 0. The Morgan fingerprint density at radius 1 is 1.33 bits per heavy atom. The van der Waals surface area contributed by atoms with Crippen molar-refractivity contribution in [2.75, 3.05) is 13.7 Å². The van der Waals surface area contributed by atoms with E-state index in [-0.39, 0.29) is 17.8 Å². The van der Waals surface area contributed by atoms with Gasteiger partial charge in [0.2, 0.25) is 0 Å². The lowest BCUT2D eigenvalue weighted by Crippen LogP contribution is -2.40. The number of hydrogen-bond acceptors (Lipinski definition) is 2. The molecule has 1 aliphatic rings. The highest BCUT2D eigenvalue weighted by Gasteiger charge is 2.35. The molecular weight excluding hydrogens is 246 g/mol. The first-order chi connectivity index (χ1) is 8.20. The van der Waals surface area contributed by atoms with Gasteiger partial charge in [-0.3, -0.25) is 0 Å². The fraction of sp³-hybridized carbons (Fsp3) is 0.600. The number of aryl methyl sites for hydroxylation is 1. The summed E-state index contributed by atoms with van der Waals surface area (Å²) in [6, 6.07) is 8.81. The van der Waals surface area contributed by atoms with Crippen LogP contribution in [0.4, 0.5) is 0 Å². The molecule has 1 aromatic rings. The zero-order chi connectivity index (χ0) is 12.3. The molecule has 1 aromatic carbocycles. The normalized spacial score (nSPS) is 27.6. The largest absolute Gasteiger partial charge is 0.381 e. The summed E-state index contributed by atoms with van der Waals surface area (Å²) in [5, 5.41) is 0. The molecule has 1 fully saturated rings. The fourth-order valence-electron chi connectivity index (χ4n) is 2.97. The highest BCUT2D eigenvalue weighted by atomic mass is 35.5. The topological polar surface area (TPSA) is 35.2 Å². The molecule has 102 valence electrons. The van der Waals surface area contributed by atoms with Crippen LogP contribution in [0.2, 0.25) is 0 Å². The summed E-state index contributed by atoms with van der Waals surface area (Å²) in [6.45, 7) is 2.89. The zero-order valence-electron chi connectivity index (χ0n) is 11.3. The number of nitrogens with two attached hydrogens (primary N) is 1. The molecule has 0 bridgehead atoms. The maximum atomic E-state index is 6.07. The Bertz CT molecular complexity index is 373. The first-order valence-electron chi connectivity index (χ1n) is 6.50. The predicted octanol–water partition coefficient (Wildman–Crippen LogP) is 3.20. The molecule has 1 aliphatic carbocycles. The zero-order valence-corrected chi connectivity index (χ0v) is 12.1. The van der Waals surface area contributed by atoms with E-state index >= 15 is 0 Å². The Balaban J connectivity index is 0.00000162. The number of halogens is 1. The van der Waals surface area contributed by atoms with Crippen LogP contribution in [0.5, 0.6) is 0 Å². The fourth-order valence-corrected chi connectivity index (χ4v) is 2.97. The third-order valence-corrected chi connectivity index (χ3v) is 4.24. The minimum atomic E-state index is 0. The van der Waals surface area contributed by atoms with E-state index in [1.54, 1.807) is 0 Å². The van der Waals surface area contributed by atoms with Crippen LogP contribution in [0, 0.1) is 6.92 Å². The summed E-state index contributed by atoms with van der Waals surface area (Å²) in [4.78, 5) is 0. The van der Waals surface area contributed by atoms with Crippen molar-refractivity contribution in [3.63, 3.8) is 0 Å². The molecule has 0 amide bonds. The highest BCUT2D eigenvalue weighted by Crippen LogP contribution is 2.39. The van der Waals surface area contributed by atoms with Crippen LogP contribution in [-0.4, -0.2) is 19.8 Å². The van der Waals surface area contributed by atoms with E-state index in [1.165, 1.54) is 11.1 Å². The van der Waals surface area contributed by atoms with Gasteiger partial charge in [0, 0.05) is 19.1 Å². The smallest absolute Gasteiger partial charge is 0.0572 e. The molecule has 18 heavy (non-hydrogen) atoms. The summed E-state index contributed by atoms with van der Waals surface area (Å²) in [7, 11) is 1.81. The number of ether oxygens (including phenoxy) is 1. The Morgan fingerprint density at radius 2 is 2.00 bits per heavy atom. The summed E-state index contributed by atoms with van der Waals surface area (Å²) in [5.74, 6) is 0. The molecule has 0 aliphatic heterocycles. The van der Waals surface area contributed by atoms with Crippen LogP contribution in [0.3, 0.4) is 0 Å². The molecule has 1 saturated carbocycles. The minimum Gasteiger partial charge on any atom is -0.381 e. The Kier molecular flexibility index (Phi) is 5.64. The maximum absolute atomic E-state index is 6.07. The third kappa shape index (κ3) is 3.05. The average Bonchev–Trinajstić information content (AvgIpc) is 2.39. The van der Waals surface area contributed by atoms with Crippen LogP contribution in [0.1, 0.15) is 36.8 Å². The monoisotopic (exact) mass is 269 g/mol. The second kappa shape index (κ2) is 6.55. The van der Waals surface area contributed by atoms with E-state index in [2.05, 4.69) is 31.2 Å². The van der Waals surface area contributed by atoms with Gasteiger partial charge >= 0.3 is 0 Å². The van der Waals surface area contributed by atoms with Crippen molar-refractivity contribution in [1.29, 1.82) is 0 Å². The standard InChI is InChI=1S/C15H23NO.ClH/c1-12-4-3-5-13(10-12)15(11-16)8-6-14(17-2)7-9-15;/h3-5,10,14H,6-9,11,16H2,1-2H3;1H/t14-,15+;. The molecule has 0 atom stereocenters. The molecule has 0 aromatic heterocycles. The summed E-state index contributed by atoms with van der Waals surface area (Å²) in [5.41, 5.74) is 8.98. The number of hydrogen-bond donors (Lipinski definition) is 1. The lowest BCUT2D eigenvalue weighted by molar-refractivity contribution is 0.0497. The van der Waals surface area contributed by atoms with E-state index in [0.717, 1.165) is 32.2 Å². The molecule has 0 saturated heterocycles. The van der Waals surface area contributed by atoms with E-state index in [0.29, 0.717) is 6.10 Å². The van der Waals surface area contributed by atoms with E-state index in [4.69, 9.17) is 10.5 Å². The molecule has 3 heteroatoms. The lowest BCUT2D eigenvalue weighted by Gasteiger charge is -2.39. The van der Waals surface area contributed by atoms with Gasteiger partial charge in [0.1, 0.15) is 0 Å². The molecule has 2 N–H and O–H groups in total. The second-order valence-corrected chi connectivity index (χ2v) is 5.29. The van der Waals surface area contributed by atoms with Crippen molar-refractivity contribution in [3.05, 3.63) is 35.4 Å². The Morgan fingerprint density at radius 3 is 2.50 bits per heavy atom. The number of benzene rings is 1. The maximum Gasteiger partial charge on any atom is 0.0572 e. The Hall–Kier alpha value is -0.570. The first-order valence-corrected chi connectivity index (χ1v) is 6.50. The van der Waals surface area contributed by atoms with E-state index in [1.807, 2.05) is 7.11 Å². The van der Waals surface area contributed by atoms with Gasteiger partial charge < -0.3 is 10.5 Å². The van der Waals surface area contributed by atoms with Crippen molar-refractivity contribution in [1.82, 2.24) is 0 Å². The highest BCUT2D eigenvalue weighted by molar-refractivity contribution is 5.85. The van der Waals surface area contributed by atoms with Gasteiger partial charge in [0.05, 0.1) is 6.10 Å². The first kappa shape index (κ1) is 15.5. The molecule has 0 radical (unpaired) electrons. The summed E-state index contributed by atoms with van der Waals surface area (Å²) >= 11 is 0. The van der Waals surface area contributed by atoms with E-state index in [9.17, 15) is 0 Å². The molecule has 0 spiro atoms. The van der Waals surface area contributed by atoms with Gasteiger partial charge in [0.15, 0.2) is 0 Å². The Labute approximate surface area is 116 Å². The molecule has 2 rings (SSSR count). The quantitative estimate of drug-likeness (QED) is 0.915. The van der Waals surface area contributed by atoms with Gasteiger partial charge in [-0.1, -0.05) is 29.8 Å². The van der Waals surface area contributed by atoms with Gasteiger partial charge in [-0.2, -0.15) is 0 Å². The molecule has 0 heterocycles.